The second-order valence-corrected chi connectivity index (χ2v) is 5.26. The fourth-order valence-corrected chi connectivity index (χ4v) is 2.55. The lowest BCUT2D eigenvalue weighted by Crippen LogP contribution is -2.19. The smallest absolute Gasteiger partial charge is 0.404 e. The number of hydrogen-bond donors (Lipinski definition) is 2. The van der Waals surface area contributed by atoms with Gasteiger partial charge in [-0.25, -0.2) is 9.78 Å². The summed E-state index contributed by atoms with van der Waals surface area (Å²) in [6.07, 6.45) is 2.05. The molecule has 0 saturated heterocycles. The van der Waals surface area contributed by atoms with Crippen LogP contribution in [0, 0.1) is 11.3 Å². The zero-order valence-electron chi connectivity index (χ0n) is 13.4. The molecule has 0 radical (unpaired) electrons. The summed E-state index contributed by atoms with van der Waals surface area (Å²) in [5.41, 5.74) is 3.49. The molecular formula is C18H14N4O3. The van der Waals surface area contributed by atoms with Crippen molar-refractivity contribution in [2.24, 2.45) is 0 Å². The quantitative estimate of drug-likeness (QED) is 0.759. The minimum atomic E-state index is -1.07. The maximum Gasteiger partial charge on any atom is 0.404 e. The molecule has 2 heterocycles. The summed E-state index contributed by atoms with van der Waals surface area (Å²) >= 11 is 0. The molecule has 3 aromatic rings. The molecule has 3 rings (SSSR count). The summed E-state index contributed by atoms with van der Waals surface area (Å²) in [5, 5.41) is 21.2. The molecule has 7 heteroatoms. The highest BCUT2D eigenvalue weighted by Crippen LogP contribution is 2.32. The number of ether oxygens (including phenoxy) is 1. The number of nitrogens with one attached hydrogen (secondary N) is 1. The molecule has 0 fully saturated rings. The number of pyridine rings is 2. The molecule has 0 aliphatic carbocycles. The standard InChI is InChI=1S/C18H14N4O3/c1-25-16-6-14-15(10-21-16)20-9-13(7-19)17(14)12-4-2-11(3-5-12)8-22-18(23)24/h2-6,9-10,22H,8H2,1H3,(H,23,24). The lowest BCUT2D eigenvalue weighted by atomic mass is 9.97. The van der Waals surface area contributed by atoms with Gasteiger partial charge in [0.15, 0.2) is 0 Å². The van der Waals surface area contributed by atoms with Gasteiger partial charge in [0.1, 0.15) is 6.07 Å². The zero-order valence-corrected chi connectivity index (χ0v) is 13.4. The Kier molecular flexibility index (Phi) is 4.44. The maximum absolute atomic E-state index is 10.6. The van der Waals surface area contributed by atoms with Gasteiger partial charge in [-0.2, -0.15) is 5.26 Å². The van der Waals surface area contributed by atoms with Gasteiger partial charge in [0.05, 0.1) is 24.4 Å². The number of fused-ring (bicyclic) bond motifs is 1. The van der Waals surface area contributed by atoms with Crippen molar-refractivity contribution in [2.75, 3.05) is 7.11 Å². The topological polar surface area (TPSA) is 108 Å². The number of rotatable bonds is 4. The third-order valence-electron chi connectivity index (χ3n) is 3.75. The summed E-state index contributed by atoms with van der Waals surface area (Å²) in [7, 11) is 1.53. The average molecular weight is 334 g/mol. The third kappa shape index (κ3) is 3.33. The van der Waals surface area contributed by atoms with Crippen LogP contribution in [0.5, 0.6) is 5.88 Å². The molecule has 0 unspecified atom stereocenters. The predicted molar refractivity (Wildman–Crippen MR) is 91.1 cm³/mol. The van der Waals surface area contributed by atoms with E-state index in [1.54, 1.807) is 12.3 Å². The highest BCUT2D eigenvalue weighted by molar-refractivity contribution is 5.97. The number of carboxylic acid groups (broad SMARTS) is 1. The van der Waals surface area contributed by atoms with Crippen molar-refractivity contribution in [3.8, 4) is 23.1 Å². The first-order valence-electron chi connectivity index (χ1n) is 7.41. The highest BCUT2D eigenvalue weighted by Gasteiger charge is 2.13. The van der Waals surface area contributed by atoms with E-state index in [0.717, 1.165) is 22.1 Å². The zero-order chi connectivity index (χ0) is 17.8. The molecule has 0 spiro atoms. The van der Waals surface area contributed by atoms with Gasteiger partial charge in [-0.15, -0.1) is 0 Å². The Morgan fingerprint density at radius 3 is 2.68 bits per heavy atom. The molecule has 1 aromatic carbocycles. The van der Waals surface area contributed by atoms with Crippen LogP contribution in [-0.4, -0.2) is 28.3 Å². The summed E-state index contributed by atoms with van der Waals surface area (Å²) in [6, 6.07) is 11.2. The van der Waals surface area contributed by atoms with Gasteiger partial charge in [0.25, 0.3) is 0 Å². The molecule has 0 bridgehead atoms. The van der Waals surface area contributed by atoms with Gasteiger partial charge in [-0.1, -0.05) is 24.3 Å². The SMILES string of the molecule is COc1cc2c(-c3ccc(CNC(=O)O)cc3)c(C#N)cnc2cn1. The van der Waals surface area contributed by atoms with E-state index in [9.17, 15) is 10.1 Å². The van der Waals surface area contributed by atoms with Crippen molar-refractivity contribution in [1.82, 2.24) is 15.3 Å². The highest BCUT2D eigenvalue weighted by atomic mass is 16.5. The Morgan fingerprint density at radius 1 is 1.28 bits per heavy atom. The first kappa shape index (κ1) is 16.2. The van der Waals surface area contributed by atoms with Crippen LogP contribution < -0.4 is 10.1 Å². The van der Waals surface area contributed by atoms with Gasteiger partial charge in [0.2, 0.25) is 5.88 Å². The van der Waals surface area contributed by atoms with Gasteiger partial charge in [-0.3, -0.25) is 4.98 Å². The minimum absolute atomic E-state index is 0.218. The van der Waals surface area contributed by atoms with E-state index >= 15 is 0 Å². The van der Waals surface area contributed by atoms with Crippen LogP contribution in [0.25, 0.3) is 22.0 Å². The molecule has 0 saturated carbocycles. The number of carbonyl (C=O) groups is 1. The number of methoxy groups -OCH3 is 1. The lowest BCUT2D eigenvalue weighted by molar-refractivity contribution is 0.194. The van der Waals surface area contributed by atoms with Crippen LogP contribution in [0.1, 0.15) is 11.1 Å². The van der Waals surface area contributed by atoms with E-state index in [1.807, 2.05) is 24.3 Å². The second kappa shape index (κ2) is 6.84. The van der Waals surface area contributed by atoms with Crippen molar-refractivity contribution in [3.05, 3.63) is 53.9 Å². The summed E-state index contributed by atoms with van der Waals surface area (Å²) in [4.78, 5) is 19.0. The Labute approximate surface area is 143 Å². The Bertz CT molecular complexity index is 978. The molecule has 0 atom stereocenters. The van der Waals surface area contributed by atoms with E-state index in [0.29, 0.717) is 17.0 Å². The van der Waals surface area contributed by atoms with Gasteiger partial charge in [-0.05, 0) is 11.1 Å². The number of nitriles is 1. The monoisotopic (exact) mass is 334 g/mol. The van der Waals surface area contributed by atoms with Crippen LogP contribution in [0.3, 0.4) is 0 Å². The van der Waals surface area contributed by atoms with Crippen molar-refractivity contribution in [2.45, 2.75) is 6.54 Å². The van der Waals surface area contributed by atoms with Crippen LogP contribution >= 0.6 is 0 Å². The first-order chi connectivity index (χ1) is 12.1. The number of hydrogen-bond acceptors (Lipinski definition) is 5. The lowest BCUT2D eigenvalue weighted by Gasteiger charge is -2.10. The molecule has 2 aromatic heterocycles. The first-order valence-corrected chi connectivity index (χ1v) is 7.41. The molecule has 0 aliphatic rings. The molecule has 25 heavy (non-hydrogen) atoms. The molecular weight excluding hydrogens is 320 g/mol. The average Bonchev–Trinajstić information content (AvgIpc) is 2.65. The molecule has 7 nitrogen and oxygen atoms in total. The third-order valence-corrected chi connectivity index (χ3v) is 3.75. The van der Waals surface area contributed by atoms with E-state index in [-0.39, 0.29) is 6.54 Å². The normalized spacial score (nSPS) is 10.2. The number of aromatic nitrogens is 2. The van der Waals surface area contributed by atoms with E-state index in [4.69, 9.17) is 9.84 Å². The molecule has 1 amide bonds. The Hall–Kier alpha value is -3.66. The van der Waals surface area contributed by atoms with Crippen molar-refractivity contribution < 1.29 is 14.6 Å². The second-order valence-electron chi connectivity index (χ2n) is 5.26. The van der Waals surface area contributed by atoms with E-state index in [1.165, 1.54) is 13.3 Å². The van der Waals surface area contributed by atoms with Crippen molar-refractivity contribution in [3.63, 3.8) is 0 Å². The van der Waals surface area contributed by atoms with Crippen LogP contribution in [0.2, 0.25) is 0 Å². The molecule has 124 valence electrons. The number of nitrogens with zero attached hydrogens (tertiary/aromatic N) is 3. The summed E-state index contributed by atoms with van der Waals surface area (Å²) in [6.45, 7) is 0.218. The van der Waals surface area contributed by atoms with Gasteiger partial charge >= 0.3 is 6.09 Å². The van der Waals surface area contributed by atoms with Crippen molar-refractivity contribution >= 4 is 17.0 Å². The van der Waals surface area contributed by atoms with Gasteiger partial charge < -0.3 is 15.2 Å². The van der Waals surface area contributed by atoms with Crippen molar-refractivity contribution in [1.29, 1.82) is 5.26 Å². The fourth-order valence-electron chi connectivity index (χ4n) is 2.55. The Balaban J connectivity index is 2.10. The summed E-state index contributed by atoms with van der Waals surface area (Å²) in [5.74, 6) is 0.438. The molecule has 0 aliphatic heterocycles. The van der Waals surface area contributed by atoms with Crippen LogP contribution in [-0.2, 0) is 6.54 Å². The predicted octanol–water partition coefficient (Wildman–Crippen LogP) is 2.94. The fraction of sp³-hybridized carbons (Fsp3) is 0.111. The van der Waals surface area contributed by atoms with Gasteiger partial charge in [0, 0.05) is 29.8 Å². The largest absolute Gasteiger partial charge is 0.481 e. The minimum Gasteiger partial charge on any atom is -0.481 e. The molecule has 2 N–H and O–H groups in total. The van der Waals surface area contributed by atoms with E-state index in [2.05, 4.69) is 21.4 Å². The van der Waals surface area contributed by atoms with E-state index < -0.39 is 6.09 Å². The van der Waals surface area contributed by atoms with Crippen LogP contribution in [0.4, 0.5) is 4.79 Å². The number of amides is 1. The maximum atomic E-state index is 10.6. The Morgan fingerprint density at radius 2 is 2.04 bits per heavy atom. The number of benzene rings is 1. The van der Waals surface area contributed by atoms with Crippen LogP contribution in [0.15, 0.2) is 42.7 Å². The summed E-state index contributed by atoms with van der Waals surface area (Å²) < 4.78 is 5.17.